The number of halogens is 1. The molecule has 0 aromatic heterocycles. The van der Waals surface area contributed by atoms with Crippen molar-refractivity contribution in [1.82, 2.24) is 10.2 Å². The molecule has 0 aliphatic carbocycles. The summed E-state index contributed by atoms with van der Waals surface area (Å²) in [5.41, 5.74) is 0.676. The summed E-state index contributed by atoms with van der Waals surface area (Å²) in [6.45, 7) is 4.04. The second-order valence-electron chi connectivity index (χ2n) is 5.80. The molecule has 2 bridgehead atoms. The number of phenols is 1. The Hall–Kier alpha value is -1.13. The maximum Gasteiger partial charge on any atom is 0.131 e. The normalized spacial score (nSPS) is 29.2. The molecule has 2 saturated heterocycles. The number of benzene rings is 1. The van der Waals surface area contributed by atoms with Crippen molar-refractivity contribution in [2.45, 2.75) is 44.3 Å². The van der Waals surface area contributed by atoms with Crippen LogP contribution in [0.5, 0.6) is 5.75 Å². The van der Waals surface area contributed by atoms with E-state index in [1.54, 1.807) is 12.1 Å². The Morgan fingerprint density at radius 3 is 2.89 bits per heavy atom. The molecule has 2 heterocycles. The molecule has 2 aliphatic heterocycles. The van der Waals surface area contributed by atoms with Crippen LogP contribution in [0.2, 0.25) is 0 Å². The van der Waals surface area contributed by atoms with E-state index in [2.05, 4.69) is 17.1 Å². The minimum absolute atomic E-state index is 0.00922. The van der Waals surface area contributed by atoms with Gasteiger partial charge in [-0.2, -0.15) is 0 Å². The molecule has 19 heavy (non-hydrogen) atoms. The van der Waals surface area contributed by atoms with Crippen molar-refractivity contribution in [3.63, 3.8) is 0 Å². The first-order valence-corrected chi connectivity index (χ1v) is 7.12. The molecule has 0 amide bonds. The van der Waals surface area contributed by atoms with E-state index in [9.17, 15) is 9.50 Å². The number of nitrogens with zero attached hydrogens (tertiary/aromatic N) is 1. The fourth-order valence-corrected chi connectivity index (χ4v) is 3.37. The highest BCUT2D eigenvalue weighted by Crippen LogP contribution is 2.29. The number of phenolic OH excluding ortho intramolecular Hbond substituents is 1. The molecule has 104 valence electrons. The average molecular weight is 264 g/mol. The van der Waals surface area contributed by atoms with Gasteiger partial charge in [0.1, 0.15) is 11.6 Å². The largest absolute Gasteiger partial charge is 0.508 e. The van der Waals surface area contributed by atoms with Crippen LogP contribution >= 0.6 is 0 Å². The van der Waals surface area contributed by atoms with Crippen LogP contribution in [0.3, 0.4) is 0 Å². The van der Waals surface area contributed by atoms with Gasteiger partial charge in [0.2, 0.25) is 0 Å². The van der Waals surface area contributed by atoms with Crippen molar-refractivity contribution >= 4 is 0 Å². The van der Waals surface area contributed by atoms with E-state index in [4.69, 9.17) is 0 Å². The molecule has 0 saturated carbocycles. The summed E-state index contributed by atoms with van der Waals surface area (Å²) in [6.07, 6.45) is 3.65. The maximum absolute atomic E-state index is 13.9. The summed E-state index contributed by atoms with van der Waals surface area (Å²) >= 11 is 0. The van der Waals surface area contributed by atoms with Crippen LogP contribution in [-0.4, -0.2) is 35.2 Å². The Morgan fingerprint density at radius 1 is 1.32 bits per heavy atom. The first kappa shape index (κ1) is 12.9. The van der Waals surface area contributed by atoms with Crippen molar-refractivity contribution in [3.8, 4) is 5.75 Å². The summed E-state index contributed by atoms with van der Waals surface area (Å²) in [4.78, 5) is 2.35. The number of fused-ring (bicyclic) bond motifs is 2. The molecular weight excluding hydrogens is 243 g/mol. The van der Waals surface area contributed by atoms with Crippen molar-refractivity contribution < 1.29 is 9.50 Å². The molecule has 1 aromatic carbocycles. The third-order valence-electron chi connectivity index (χ3n) is 4.54. The first-order valence-electron chi connectivity index (χ1n) is 7.12. The van der Waals surface area contributed by atoms with E-state index in [1.807, 2.05) is 0 Å². The van der Waals surface area contributed by atoms with Gasteiger partial charge < -0.3 is 10.4 Å². The summed E-state index contributed by atoms with van der Waals surface area (Å²) in [6, 6.07) is 5.72. The second-order valence-corrected chi connectivity index (χ2v) is 5.80. The topological polar surface area (TPSA) is 35.5 Å². The second kappa shape index (κ2) is 5.10. The highest BCUT2D eigenvalue weighted by atomic mass is 19.1. The van der Waals surface area contributed by atoms with Gasteiger partial charge in [-0.05, 0) is 32.3 Å². The van der Waals surface area contributed by atoms with E-state index in [1.165, 1.54) is 18.9 Å². The first-order chi connectivity index (χ1) is 9.13. The molecule has 4 heteroatoms. The number of aromatic hydroxyl groups is 1. The van der Waals surface area contributed by atoms with Gasteiger partial charge in [-0.25, -0.2) is 4.39 Å². The molecule has 0 radical (unpaired) electrons. The van der Waals surface area contributed by atoms with Crippen molar-refractivity contribution in [1.29, 1.82) is 0 Å². The van der Waals surface area contributed by atoms with Gasteiger partial charge in [0.05, 0.1) is 0 Å². The van der Waals surface area contributed by atoms with E-state index in [-0.39, 0.29) is 17.6 Å². The molecular formula is C15H21FN2O. The van der Waals surface area contributed by atoms with Gasteiger partial charge >= 0.3 is 0 Å². The quantitative estimate of drug-likeness (QED) is 0.861. The Labute approximate surface area is 113 Å². The molecule has 2 N–H and O–H groups in total. The van der Waals surface area contributed by atoms with Gasteiger partial charge in [-0.1, -0.05) is 6.07 Å². The Morgan fingerprint density at radius 2 is 2.11 bits per heavy atom. The van der Waals surface area contributed by atoms with Gasteiger partial charge in [0.15, 0.2) is 0 Å². The van der Waals surface area contributed by atoms with E-state index < -0.39 is 0 Å². The van der Waals surface area contributed by atoms with Crippen LogP contribution in [0.4, 0.5) is 4.39 Å². The Kier molecular flexibility index (Phi) is 3.46. The highest BCUT2D eigenvalue weighted by molar-refractivity contribution is 5.29. The van der Waals surface area contributed by atoms with Crippen LogP contribution in [0.25, 0.3) is 0 Å². The highest BCUT2D eigenvalue weighted by Gasteiger charge is 2.31. The van der Waals surface area contributed by atoms with Crippen LogP contribution in [0, 0.1) is 5.82 Å². The SMILES string of the molecule is CC(c1ccc(O)cc1F)N1CCC2CCC(C1)N2. The lowest BCUT2D eigenvalue weighted by atomic mass is 10.0. The predicted octanol–water partition coefficient (Wildman–Crippen LogP) is 2.42. The Balaban J connectivity index is 1.77. The third kappa shape index (κ3) is 2.60. The molecule has 1 aromatic rings. The summed E-state index contributed by atoms with van der Waals surface area (Å²) in [5.74, 6) is -0.320. The van der Waals surface area contributed by atoms with Gasteiger partial charge in [-0.15, -0.1) is 0 Å². The molecule has 2 fully saturated rings. The van der Waals surface area contributed by atoms with Gasteiger partial charge in [-0.3, -0.25) is 4.90 Å². The lowest BCUT2D eigenvalue weighted by molar-refractivity contribution is 0.196. The maximum atomic E-state index is 13.9. The van der Waals surface area contributed by atoms with Crippen molar-refractivity contribution in [3.05, 3.63) is 29.6 Å². The molecule has 3 atom stereocenters. The van der Waals surface area contributed by atoms with Crippen LogP contribution in [0.1, 0.15) is 37.8 Å². The number of likely N-dealkylation sites (tertiary alicyclic amines) is 1. The average Bonchev–Trinajstić information content (AvgIpc) is 2.68. The van der Waals surface area contributed by atoms with Gasteiger partial charge in [0, 0.05) is 42.8 Å². The van der Waals surface area contributed by atoms with Crippen LogP contribution in [-0.2, 0) is 0 Å². The lowest BCUT2D eigenvalue weighted by Crippen LogP contribution is -2.37. The minimum atomic E-state index is -0.310. The number of nitrogens with one attached hydrogen (secondary N) is 1. The molecule has 0 spiro atoms. The summed E-state index contributed by atoms with van der Waals surface area (Å²) < 4.78 is 13.9. The Bertz CT molecular complexity index is 465. The minimum Gasteiger partial charge on any atom is -0.508 e. The summed E-state index contributed by atoms with van der Waals surface area (Å²) in [5, 5.41) is 12.9. The predicted molar refractivity (Wildman–Crippen MR) is 72.6 cm³/mol. The fourth-order valence-electron chi connectivity index (χ4n) is 3.37. The zero-order valence-electron chi connectivity index (χ0n) is 11.3. The lowest BCUT2D eigenvalue weighted by Gasteiger charge is -2.30. The third-order valence-corrected chi connectivity index (χ3v) is 4.54. The molecule has 3 unspecified atom stereocenters. The molecule has 2 aliphatic rings. The standard InChI is InChI=1S/C15H21FN2O/c1-10(14-5-4-13(19)8-15(14)16)18-7-6-11-2-3-12(9-18)17-11/h4-5,8,10-12,17,19H,2-3,6-7,9H2,1H3. The summed E-state index contributed by atoms with van der Waals surface area (Å²) in [7, 11) is 0. The van der Waals surface area contributed by atoms with E-state index in [0.717, 1.165) is 19.5 Å². The smallest absolute Gasteiger partial charge is 0.131 e. The zero-order chi connectivity index (χ0) is 13.4. The monoisotopic (exact) mass is 264 g/mol. The number of rotatable bonds is 2. The van der Waals surface area contributed by atoms with E-state index in [0.29, 0.717) is 17.6 Å². The van der Waals surface area contributed by atoms with Crippen LogP contribution < -0.4 is 5.32 Å². The zero-order valence-corrected chi connectivity index (χ0v) is 11.3. The van der Waals surface area contributed by atoms with E-state index >= 15 is 0 Å². The molecule has 3 rings (SSSR count). The van der Waals surface area contributed by atoms with Gasteiger partial charge in [0.25, 0.3) is 0 Å². The molecule has 3 nitrogen and oxygen atoms in total. The number of hydrogen-bond donors (Lipinski definition) is 2. The van der Waals surface area contributed by atoms with Crippen molar-refractivity contribution in [2.24, 2.45) is 0 Å². The van der Waals surface area contributed by atoms with Crippen LogP contribution in [0.15, 0.2) is 18.2 Å². The number of hydrogen-bond acceptors (Lipinski definition) is 3. The fraction of sp³-hybridized carbons (Fsp3) is 0.600. The van der Waals surface area contributed by atoms with Crippen molar-refractivity contribution in [2.75, 3.05) is 13.1 Å².